The van der Waals surface area contributed by atoms with E-state index < -0.39 is 0 Å². The maximum Gasteiger partial charge on any atom is 0.0970 e. The molecule has 4 heteroatoms. The number of hydrogen-bond donors (Lipinski definition) is 1. The minimum Gasteiger partial charge on any atom is -0.300 e. The lowest BCUT2D eigenvalue weighted by atomic mass is 10.4. The second-order valence-corrected chi connectivity index (χ2v) is 5.13. The van der Waals surface area contributed by atoms with Gasteiger partial charge in [-0.25, -0.2) is 4.98 Å². The summed E-state index contributed by atoms with van der Waals surface area (Å²) < 4.78 is 0. The second-order valence-electron chi connectivity index (χ2n) is 2.85. The second kappa shape index (κ2) is 3.77. The summed E-state index contributed by atoms with van der Waals surface area (Å²) in [6.07, 6.45) is 1.28. The Morgan fingerprint density at radius 2 is 2.58 bits per heavy atom. The first-order valence-corrected chi connectivity index (χ1v) is 6.06. The van der Waals surface area contributed by atoms with E-state index in [9.17, 15) is 0 Å². The highest BCUT2D eigenvalue weighted by Crippen LogP contribution is 2.29. The van der Waals surface area contributed by atoms with Crippen molar-refractivity contribution in [3.8, 4) is 0 Å². The summed E-state index contributed by atoms with van der Waals surface area (Å²) in [5.74, 6) is 1.26. The summed E-state index contributed by atoms with van der Waals surface area (Å²) >= 11 is 3.70. The van der Waals surface area contributed by atoms with Crippen molar-refractivity contribution in [2.75, 3.05) is 12.3 Å². The number of rotatable bonds is 1. The molecule has 0 bridgehead atoms. The van der Waals surface area contributed by atoms with Crippen molar-refractivity contribution >= 4 is 23.1 Å². The molecular formula is C8H12N2S2. The minimum atomic E-state index is 0.448. The Kier molecular flexibility index (Phi) is 2.68. The maximum absolute atomic E-state index is 4.47. The molecule has 2 rings (SSSR count). The SMILES string of the molecule is Cc1nc(C2NCCCS2)cs1. The van der Waals surface area contributed by atoms with Crippen molar-refractivity contribution in [1.29, 1.82) is 0 Å². The lowest BCUT2D eigenvalue weighted by Gasteiger charge is -2.20. The average molecular weight is 200 g/mol. The van der Waals surface area contributed by atoms with Gasteiger partial charge in [-0.3, -0.25) is 0 Å². The molecule has 66 valence electrons. The Morgan fingerprint density at radius 1 is 1.67 bits per heavy atom. The highest BCUT2D eigenvalue weighted by Gasteiger charge is 2.16. The Hall–Kier alpha value is -0.0600. The number of aryl methyl sites for hydroxylation is 1. The van der Waals surface area contributed by atoms with E-state index in [-0.39, 0.29) is 0 Å². The number of thioether (sulfide) groups is 1. The zero-order valence-electron chi connectivity index (χ0n) is 7.04. The summed E-state index contributed by atoms with van der Waals surface area (Å²) in [5, 5.41) is 7.23. The topological polar surface area (TPSA) is 24.9 Å². The van der Waals surface area contributed by atoms with Gasteiger partial charge in [-0.2, -0.15) is 0 Å². The molecule has 0 spiro atoms. The molecule has 0 aromatic carbocycles. The summed E-state index contributed by atoms with van der Waals surface area (Å²) in [5.41, 5.74) is 1.21. The first kappa shape index (κ1) is 8.53. The molecule has 1 aliphatic heterocycles. The molecule has 1 aromatic heterocycles. The molecule has 1 atom stereocenters. The van der Waals surface area contributed by atoms with Crippen LogP contribution in [-0.2, 0) is 0 Å². The Balaban J connectivity index is 2.08. The summed E-state index contributed by atoms with van der Waals surface area (Å²) in [6.45, 7) is 3.19. The zero-order chi connectivity index (χ0) is 8.39. The third kappa shape index (κ3) is 1.81. The quantitative estimate of drug-likeness (QED) is 0.752. The van der Waals surface area contributed by atoms with E-state index in [1.807, 2.05) is 11.8 Å². The Morgan fingerprint density at radius 3 is 3.17 bits per heavy atom. The van der Waals surface area contributed by atoms with E-state index in [0.717, 1.165) is 11.6 Å². The van der Waals surface area contributed by atoms with Gasteiger partial charge in [0, 0.05) is 5.38 Å². The molecule has 1 aromatic rings. The molecule has 2 heterocycles. The van der Waals surface area contributed by atoms with Crippen LogP contribution in [0.1, 0.15) is 22.5 Å². The van der Waals surface area contributed by atoms with Gasteiger partial charge in [-0.1, -0.05) is 0 Å². The van der Waals surface area contributed by atoms with Gasteiger partial charge >= 0.3 is 0 Å². The molecule has 0 amide bonds. The third-order valence-electron chi connectivity index (χ3n) is 1.84. The van der Waals surface area contributed by atoms with Gasteiger partial charge in [0.1, 0.15) is 0 Å². The number of thiazole rings is 1. The van der Waals surface area contributed by atoms with Crippen LogP contribution in [0.15, 0.2) is 5.38 Å². The van der Waals surface area contributed by atoms with E-state index in [1.54, 1.807) is 11.3 Å². The van der Waals surface area contributed by atoms with Crippen molar-refractivity contribution in [3.05, 3.63) is 16.1 Å². The fourth-order valence-corrected chi connectivity index (χ4v) is 3.05. The molecule has 0 aliphatic carbocycles. The lowest BCUT2D eigenvalue weighted by molar-refractivity contribution is 0.634. The van der Waals surface area contributed by atoms with Crippen LogP contribution < -0.4 is 5.32 Å². The molecule has 1 fully saturated rings. The van der Waals surface area contributed by atoms with Crippen molar-refractivity contribution < 1.29 is 0 Å². The van der Waals surface area contributed by atoms with E-state index in [0.29, 0.717) is 5.37 Å². The van der Waals surface area contributed by atoms with Gasteiger partial charge < -0.3 is 5.32 Å². The lowest BCUT2D eigenvalue weighted by Crippen LogP contribution is -2.25. The predicted molar refractivity (Wildman–Crippen MR) is 54.7 cm³/mol. The molecule has 1 unspecified atom stereocenters. The van der Waals surface area contributed by atoms with Crippen LogP contribution in [0.4, 0.5) is 0 Å². The fraction of sp³-hybridized carbons (Fsp3) is 0.625. The number of nitrogens with one attached hydrogen (secondary N) is 1. The first-order valence-electron chi connectivity index (χ1n) is 4.13. The molecule has 1 N–H and O–H groups in total. The van der Waals surface area contributed by atoms with E-state index in [2.05, 4.69) is 22.6 Å². The van der Waals surface area contributed by atoms with Crippen molar-refractivity contribution in [1.82, 2.24) is 10.3 Å². The van der Waals surface area contributed by atoms with Crippen LogP contribution in [0.25, 0.3) is 0 Å². The van der Waals surface area contributed by atoms with Crippen molar-refractivity contribution in [2.24, 2.45) is 0 Å². The number of aromatic nitrogens is 1. The molecule has 0 radical (unpaired) electrons. The largest absolute Gasteiger partial charge is 0.300 e. The van der Waals surface area contributed by atoms with E-state index in [1.165, 1.54) is 17.9 Å². The number of nitrogens with zero attached hydrogens (tertiary/aromatic N) is 1. The van der Waals surface area contributed by atoms with Crippen LogP contribution in [0, 0.1) is 6.92 Å². The highest BCUT2D eigenvalue weighted by molar-refractivity contribution is 7.99. The standard InChI is InChI=1S/C8H12N2S2/c1-6-10-7(5-12-6)8-9-3-2-4-11-8/h5,8-9H,2-4H2,1H3. The smallest absolute Gasteiger partial charge is 0.0970 e. The van der Waals surface area contributed by atoms with Crippen LogP contribution in [0.3, 0.4) is 0 Å². The van der Waals surface area contributed by atoms with Crippen LogP contribution >= 0.6 is 23.1 Å². The van der Waals surface area contributed by atoms with Crippen LogP contribution in [0.2, 0.25) is 0 Å². The van der Waals surface area contributed by atoms with Gasteiger partial charge in [0.05, 0.1) is 16.1 Å². The summed E-state index contributed by atoms with van der Waals surface area (Å²) in [7, 11) is 0. The molecular weight excluding hydrogens is 188 g/mol. The Labute approximate surface area is 80.8 Å². The van der Waals surface area contributed by atoms with Gasteiger partial charge in [-0.05, 0) is 25.6 Å². The van der Waals surface area contributed by atoms with Gasteiger partial charge in [0.15, 0.2) is 0 Å². The third-order valence-corrected chi connectivity index (χ3v) is 3.90. The molecule has 0 saturated carbocycles. The Bertz CT molecular complexity index is 253. The number of hydrogen-bond acceptors (Lipinski definition) is 4. The van der Waals surface area contributed by atoms with E-state index in [4.69, 9.17) is 0 Å². The van der Waals surface area contributed by atoms with Crippen LogP contribution in [0.5, 0.6) is 0 Å². The van der Waals surface area contributed by atoms with Gasteiger partial charge in [-0.15, -0.1) is 23.1 Å². The van der Waals surface area contributed by atoms with Gasteiger partial charge in [0.2, 0.25) is 0 Å². The highest BCUT2D eigenvalue weighted by atomic mass is 32.2. The maximum atomic E-state index is 4.47. The van der Waals surface area contributed by atoms with Crippen molar-refractivity contribution in [3.63, 3.8) is 0 Å². The summed E-state index contributed by atoms with van der Waals surface area (Å²) in [4.78, 5) is 4.47. The molecule has 1 saturated heterocycles. The molecule has 2 nitrogen and oxygen atoms in total. The average Bonchev–Trinajstić information content (AvgIpc) is 2.54. The summed E-state index contributed by atoms with van der Waals surface area (Å²) in [6, 6.07) is 0. The first-order chi connectivity index (χ1) is 5.86. The zero-order valence-corrected chi connectivity index (χ0v) is 8.67. The molecule has 1 aliphatic rings. The normalized spacial score (nSPS) is 24.2. The van der Waals surface area contributed by atoms with Crippen LogP contribution in [-0.4, -0.2) is 17.3 Å². The van der Waals surface area contributed by atoms with E-state index >= 15 is 0 Å². The van der Waals surface area contributed by atoms with Crippen molar-refractivity contribution in [2.45, 2.75) is 18.7 Å². The van der Waals surface area contributed by atoms with Gasteiger partial charge in [0.25, 0.3) is 0 Å². The fourth-order valence-electron chi connectivity index (χ4n) is 1.26. The predicted octanol–water partition coefficient (Wildman–Crippen LogP) is 2.18. The monoisotopic (exact) mass is 200 g/mol. The minimum absolute atomic E-state index is 0.448. The molecule has 12 heavy (non-hydrogen) atoms.